The fourth-order valence-electron chi connectivity index (χ4n) is 2.54. The van der Waals surface area contributed by atoms with E-state index in [0.717, 1.165) is 0 Å². The van der Waals surface area contributed by atoms with Crippen LogP contribution >= 0.6 is 0 Å². The van der Waals surface area contributed by atoms with Gasteiger partial charge in [0.05, 0.1) is 11.3 Å². The molecule has 1 aliphatic heterocycles. The Kier molecular flexibility index (Phi) is 5.97. The molecule has 118 valence electrons. The largest absolute Gasteiger partial charge is 0.368 e. The summed E-state index contributed by atoms with van der Waals surface area (Å²) in [5, 5.41) is 2.86. The summed E-state index contributed by atoms with van der Waals surface area (Å²) in [6, 6.07) is -0.207. The van der Waals surface area contributed by atoms with Crippen molar-refractivity contribution in [3.05, 3.63) is 0 Å². The minimum atomic E-state index is -3.19. The van der Waals surface area contributed by atoms with E-state index in [1.807, 2.05) is 13.8 Å². The fourth-order valence-corrected chi connectivity index (χ4v) is 3.94. The minimum absolute atomic E-state index is 0.131. The highest BCUT2D eigenvalue weighted by molar-refractivity contribution is 7.89. The number of hydrogen-bond acceptors (Lipinski definition) is 4. The predicted octanol–water partition coefficient (Wildman–Crippen LogP) is 0.289. The van der Waals surface area contributed by atoms with E-state index in [1.54, 1.807) is 18.2 Å². The summed E-state index contributed by atoms with van der Waals surface area (Å²) < 4.78 is 25.9. The standard InChI is InChI=1S/C13H27N3O3S/c1-5-11(13(14)17)15-12-6-7-16(8-10(12)4)20(18,19)9(2)3/h9-12,15H,5-8H2,1-4H3,(H2,14,17). The molecule has 3 N–H and O–H groups in total. The Morgan fingerprint density at radius 1 is 1.45 bits per heavy atom. The number of sulfonamides is 1. The smallest absolute Gasteiger partial charge is 0.234 e. The van der Waals surface area contributed by atoms with E-state index in [9.17, 15) is 13.2 Å². The zero-order valence-electron chi connectivity index (χ0n) is 12.8. The number of primary amides is 1. The van der Waals surface area contributed by atoms with Gasteiger partial charge in [0.15, 0.2) is 0 Å². The van der Waals surface area contributed by atoms with Gasteiger partial charge in [-0.1, -0.05) is 13.8 Å². The molecular formula is C13H27N3O3S. The van der Waals surface area contributed by atoms with E-state index in [4.69, 9.17) is 5.73 Å². The maximum atomic E-state index is 12.2. The molecule has 7 heteroatoms. The zero-order chi connectivity index (χ0) is 15.5. The molecule has 1 fully saturated rings. The summed E-state index contributed by atoms with van der Waals surface area (Å²) in [6.07, 6.45) is 1.35. The van der Waals surface area contributed by atoms with E-state index < -0.39 is 15.3 Å². The lowest BCUT2D eigenvalue weighted by Crippen LogP contribution is -2.55. The summed E-state index contributed by atoms with van der Waals surface area (Å²) in [6.45, 7) is 8.30. The first kappa shape index (κ1) is 17.4. The predicted molar refractivity (Wildman–Crippen MR) is 79.6 cm³/mol. The molecule has 1 aliphatic rings. The number of hydrogen-bond donors (Lipinski definition) is 2. The van der Waals surface area contributed by atoms with Crippen molar-refractivity contribution in [3.8, 4) is 0 Å². The number of nitrogens with two attached hydrogens (primary N) is 1. The third kappa shape index (κ3) is 3.93. The second-order valence-corrected chi connectivity index (χ2v) is 8.34. The Hall–Kier alpha value is -0.660. The van der Waals surface area contributed by atoms with Crippen LogP contribution in [-0.4, -0.2) is 49.1 Å². The molecular weight excluding hydrogens is 278 g/mol. The number of amides is 1. The SMILES string of the molecule is CCC(NC1CCN(S(=O)(=O)C(C)C)CC1C)C(N)=O. The molecule has 0 aromatic carbocycles. The van der Waals surface area contributed by atoms with Crippen LogP contribution in [0, 0.1) is 5.92 Å². The molecule has 0 spiro atoms. The fraction of sp³-hybridized carbons (Fsp3) is 0.923. The average molecular weight is 305 g/mol. The summed E-state index contributed by atoms with van der Waals surface area (Å²) in [5.74, 6) is -0.192. The van der Waals surface area contributed by atoms with Gasteiger partial charge in [0.2, 0.25) is 15.9 Å². The third-order valence-corrected chi connectivity index (χ3v) is 6.23. The van der Waals surface area contributed by atoms with Crippen LogP contribution in [0.1, 0.15) is 40.5 Å². The molecule has 0 aromatic rings. The quantitative estimate of drug-likeness (QED) is 0.737. The highest BCUT2D eigenvalue weighted by Gasteiger charge is 2.35. The maximum absolute atomic E-state index is 12.2. The monoisotopic (exact) mass is 305 g/mol. The topological polar surface area (TPSA) is 92.5 Å². The average Bonchev–Trinajstić information content (AvgIpc) is 2.36. The second-order valence-electron chi connectivity index (χ2n) is 5.85. The highest BCUT2D eigenvalue weighted by atomic mass is 32.2. The van der Waals surface area contributed by atoms with Crippen molar-refractivity contribution < 1.29 is 13.2 Å². The van der Waals surface area contributed by atoms with Crippen molar-refractivity contribution >= 4 is 15.9 Å². The molecule has 0 radical (unpaired) electrons. The van der Waals surface area contributed by atoms with Crippen molar-refractivity contribution in [2.45, 2.75) is 57.9 Å². The van der Waals surface area contributed by atoms with Crippen molar-refractivity contribution in [1.29, 1.82) is 0 Å². The number of nitrogens with one attached hydrogen (secondary N) is 1. The van der Waals surface area contributed by atoms with Gasteiger partial charge in [-0.05, 0) is 32.6 Å². The van der Waals surface area contributed by atoms with Gasteiger partial charge < -0.3 is 11.1 Å². The summed E-state index contributed by atoms with van der Waals surface area (Å²) in [7, 11) is -3.19. The molecule has 20 heavy (non-hydrogen) atoms. The van der Waals surface area contributed by atoms with Crippen LogP contribution in [0.25, 0.3) is 0 Å². The maximum Gasteiger partial charge on any atom is 0.234 e. The highest BCUT2D eigenvalue weighted by Crippen LogP contribution is 2.22. The van der Waals surface area contributed by atoms with Gasteiger partial charge in [0.1, 0.15) is 0 Å². The zero-order valence-corrected chi connectivity index (χ0v) is 13.6. The molecule has 0 saturated carbocycles. The number of nitrogens with zero attached hydrogens (tertiary/aromatic N) is 1. The first-order chi connectivity index (χ1) is 9.20. The van der Waals surface area contributed by atoms with Gasteiger partial charge in [-0.25, -0.2) is 12.7 Å². The van der Waals surface area contributed by atoms with E-state index in [0.29, 0.717) is 25.9 Å². The first-order valence-corrected chi connectivity index (χ1v) is 8.74. The summed E-state index contributed by atoms with van der Waals surface area (Å²) >= 11 is 0. The molecule has 1 rings (SSSR count). The van der Waals surface area contributed by atoms with Gasteiger partial charge >= 0.3 is 0 Å². The van der Waals surface area contributed by atoms with Gasteiger partial charge in [-0.3, -0.25) is 4.79 Å². The van der Waals surface area contributed by atoms with E-state index >= 15 is 0 Å². The van der Waals surface area contributed by atoms with Gasteiger partial charge in [-0.2, -0.15) is 0 Å². The Morgan fingerprint density at radius 2 is 2.05 bits per heavy atom. The van der Waals surface area contributed by atoms with E-state index in [1.165, 1.54) is 0 Å². The van der Waals surface area contributed by atoms with E-state index in [-0.39, 0.29) is 23.9 Å². The molecule has 3 unspecified atom stereocenters. The number of carbonyl (C=O) groups excluding carboxylic acids is 1. The van der Waals surface area contributed by atoms with Crippen molar-refractivity contribution in [1.82, 2.24) is 9.62 Å². The molecule has 6 nitrogen and oxygen atoms in total. The van der Waals surface area contributed by atoms with Gasteiger partial charge in [0, 0.05) is 19.1 Å². The lowest BCUT2D eigenvalue weighted by molar-refractivity contribution is -0.120. The Balaban J connectivity index is 2.67. The van der Waals surface area contributed by atoms with Crippen molar-refractivity contribution in [2.75, 3.05) is 13.1 Å². The van der Waals surface area contributed by atoms with E-state index in [2.05, 4.69) is 5.32 Å². The summed E-state index contributed by atoms with van der Waals surface area (Å²) in [5.41, 5.74) is 5.34. The molecule has 3 atom stereocenters. The molecule has 0 bridgehead atoms. The Labute approximate surface area is 122 Å². The molecule has 1 saturated heterocycles. The lowest BCUT2D eigenvalue weighted by atomic mass is 9.94. The van der Waals surface area contributed by atoms with Gasteiger partial charge in [-0.15, -0.1) is 0 Å². The molecule has 1 amide bonds. The van der Waals surface area contributed by atoms with Crippen LogP contribution in [0.15, 0.2) is 0 Å². The van der Waals surface area contributed by atoms with Crippen LogP contribution in [-0.2, 0) is 14.8 Å². The molecule has 1 heterocycles. The minimum Gasteiger partial charge on any atom is -0.368 e. The molecule has 0 aromatic heterocycles. The Bertz CT molecular complexity index is 436. The van der Waals surface area contributed by atoms with Crippen LogP contribution in [0.5, 0.6) is 0 Å². The van der Waals surface area contributed by atoms with Crippen molar-refractivity contribution in [3.63, 3.8) is 0 Å². The normalized spacial score (nSPS) is 26.6. The van der Waals surface area contributed by atoms with Crippen LogP contribution in [0.4, 0.5) is 0 Å². The number of piperidine rings is 1. The second kappa shape index (κ2) is 6.87. The summed E-state index contributed by atoms with van der Waals surface area (Å²) in [4.78, 5) is 11.3. The number of carbonyl (C=O) groups is 1. The van der Waals surface area contributed by atoms with Gasteiger partial charge in [0.25, 0.3) is 0 Å². The molecule has 0 aliphatic carbocycles. The third-order valence-electron chi connectivity index (χ3n) is 3.99. The van der Waals surface area contributed by atoms with Crippen molar-refractivity contribution in [2.24, 2.45) is 11.7 Å². The van der Waals surface area contributed by atoms with Crippen LogP contribution < -0.4 is 11.1 Å². The first-order valence-electron chi connectivity index (χ1n) is 7.24. The number of rotatable bonds is 6. The van der Waals surface area contributed by atoms with Crippen LogP contribution in [0.3, 0.4) is 0 Å². The van der Waals surface area contributed by atoms with Crippen LogP contribution in [0.2, 0.25) is 0 Å². The lowest BCUT2D eigenvalue weighted by Gasteiger charge is -2.38. The Morgan fingerprint density at radius 3 is 2.45 bits per heavy atom.